The van der Waals surface area contributed by atoms with Crippen molar-refractivity contribution in [2.75, 3.05) is 20.1 Å². The first-order chi connectivity index (χ1) is 16.0. The first-order valence-electron chi connectivity index (χ1n) is 10.9. The Morgan fingerprint density at radius 3 is 2.53 bits per heavy atom. The van der Waals surface area contributed by atoms with Crippen LogP contribution in [0.2, 0.25) is 0 Å². The van der Waals surface area contributed by atoms with Crippen molar-refractivity contribution in [1.82, 2.24) is 15.1 Å². The Labute approximate surface area is 194 Å². The zero-order chi connectivity index (χ0) is 24.7. The van der Waals surface area contributed by atoms with Crippen LogP contribution in [0.3, 0.4) is 0 Å². The Kier molecular flexibility index (Phi) is 6.49. The number of aliphatic hydroxyl groups is 4. The summed E-state index contributed by atoms with van der Waals surface area (Å²) >= 11 is 0. The van der Waals surface area contributed by atoms with Gasteiger partial charge in [0.15, 0.2) is 0 Å². The van der Waals surface area contributed by atoms with Crippen LogP contribution in [0.1, 0.15) is 29.5 Å². The van der Waals surface area contributed by atoms with E-state index in [1.54, 1.807) is 0 Å². The second-order valence-electron chi connectivity index (χ2n) is 8.77. The van der Waals surface area contributed by atoms with Crippen molar-refractivity contribution < 1.29 is 38.7 Å². The largest absolute Gasteiger partial charge is 0.434 e. The first kappa shape index (κ1) is 24.3. The molecule has 2 aromatic rings. The zero-order valence-corrected chi connectivity index (χ0v) is 18.5. The fourth-order valence-electron chi connectivity index (χ4n) is 4.23. The molecule has 1 saturated heterocycles. The summed E-state index contributed by atoms with van der Waals surface area (Å²) in [4.78, 5) is 16.8. The maximum atomic E-state index is 14.3. The molecule has 0 spiro atoms. The summed E-state index contributed by atoms with van der Waals surface area (Å²) < 4.78 is 32.4. The standard InChI is InChI=1S/C23H27F2N3O6/c1-27-8-6-17(7-9-27)28(13-15-3-4-16(24)11-19(15)25)21(29)26-12-14-2-5-20-18(10-14)22(30,31)23(32,33)34-20/h2-5,10-11,17,30-33H,6-9,12-13H2,1H3,(H,26,29). The lowest BCUT2D eigenvalue weighted by molar-refractivity contribution is -0.426. The van der Waals surface area contributed by atoms with E-state index in [2.05, 4.69) is 10.2 Å². The lowest BCUT2D eigenvalue weighted by Crippen LogP contribution is -2.51. The highest BCUT2D eigenvalue weighted by molar-refractivity contribution is 5.74. The van der Waals surface area contributed by atoms with E-state index in [9.17, 15) is 34.0 Å². The van der Waals surface area contributed by atoms with Crippen LogP contribution in [0, 0.1) is 11.6 Å². The number of carbonyl (C=O) groups excluding carboxylic acids is 1. The number of piperidine rings is 1. The maximum absolute atomic E-state index is 14.3. The molecule has 2 aliphatic heterocycles. The number of hydrogen-bond acceptors (Lipinski definition) is 7. The highest BCUT2D eigenvalue weighted by Gasteiger charge is 2.59. The van der Waals surface area contributed by atoms with Crippen LogP contribution >= 0.6 is 0 Å². The fraction of sp³-hybridized carbons (Fsp3) is 0.435. The van der Waals surface area contributed by atoms with E-state index in [4.69, 9.17) is 4.74 Å². The third kappa shape index (κ3) is 4.70. The van der Waals surface area contributed by atoms with Crippen molar-refractivity contribution >= 4 is 6.03 Å². The van der Waals surface area contributed by atoms with Crippen molar-refractivity contribution in [2.24, 2.45) is 0 Å². The number of urea groups is 1. The molecular weight excluding hydrogens is 452 g/mol. The van der Waals surface area contributed by atoms with Crippen LogP contribution in [-0.2, 0) is 18.9 Å². The smallest absolute Gasteiger partial charge is 0.384 e. The minimum atomic E-state index is -3.21. The molecule has 2 amide bonds. The fourth-order valence-corrected chi connectivity index (χ4v) is 4.23. The number of fused-ring (bicyclic) bond motifs is 1. The molecule has 5 N–H and O–H groups in total. The number of carbonyl (C=O) groups is 1. The van der Waals surface area contributed by atoms with Crippen molar-refractivity contribution in [2.45, 2.75) is 43.7 Å². The molecular formula is C23H27F2N3O6. The Balaban J connectivity index is 1.50. The quantitative estimate of drug-likeness (QED) is 0.404. The average Bonchev–Trinajstić information content (AvgIpc) is 2.96. The van der Waals surface area contributed by atoms with E-state index in [-0.39, 0.29) is 36.0 Å². The number of rotatable bonds is 5. The second-order valence-corrected chi connectivity index (χ2v) is 8.77. The van der Waals surface area contributed by atoms with Gasteiger partial charge < -0.3 is 40.3 Å². The molecule has 1 fully saturated rings. The van der Waals surface area contributed by atoms with Crippen molar-refractivity contribution in [1.29, 1.82) is 0 Å². The Morgan fingerprint density at radius 1 is 1.15 bits per heavy atom. The van der Waals surface area contributed by atoms with Crippen LogP contribution in [0.5, 0.6) is 5.75 Å². The third-order valence-corrected chi connectivity index (χ3v) is 6.32. The van der Waals surface area contributed by atoms with E-state index in [1.807, 2.05) is 7.05 Å². The summed E-state index contributed by atoms with van der Waals surface area (Å²) in [6.45, 7) is 1.47. The molecule has 0 aliphatic carbocycles. The van der Waals surface area contributed by atoms with E-state index in [0.29, 0.717) is 18.4 Å². The molecule has 2 heterocycles. The van der Waals surface area contributed by atoms with Gasteiger partial charge in [0.2, 0.25) is 0 Å². The highest BCUT2D eigenvalue weighted by atomic mass is 19.1. The summed E-state index contributed by atoms with van der Waals surface area (Å²) in [7, 11) is 1.98. The minimum absolute atomic E-state index is 0.0267. The molecule has 2 aromatic carbocycles. The molecule has 0 atom stereocenters. The number of benzene rings is 2. The number of ether oxygens (including phenoxy) is 1. The van der Waals surface area contributed by atoms with Gasteiger partial charge in [-0.3, -0.25) is 0 Å². The van der Waals surface area contributed by atoms with E-state index in [1.165, 1.54) is 29.2 Å². The SMILES string of the molecule is CN1CCC(N(Cc2ccc(F)cc2F)C(=O)NCc2ccc3c(c2)C(O)(O)C(O)(O)O3)CC1. The topological polar surface area (TPSA) is 126 Å². The predicted octanol–water partition coefficient (Wildman–Crippen LogP) is 0.939. The van der Waals surface area contributed by atoms with Gasteiger partial charge in [-0.05, 0) is 56.7 Å². The van der Waals surface area contributed by atoms with Gasteiger partial charge in [-0.15, -0.1) is 0 Å². The van der Waals surface area contributed by atoms with Gasteiger partial charge in [0.1, 0.15) is 17.4 Å². The predicted molar refractivity (Wildman–Crippen MR) is 115 cm³/mol. The lowest BCUT2D eigenvalue weighted by atomic mass is 10.0. The molecule has 0 radical (unpaired) electrons. The molecule has 0 saturated carbocycles. The molecule has 4 rings (SSSR count). The number of halogens is 2. The summed E-state index contributed by atoms with van der Waals surface area (Å²) in [5.41, 5.74) is 0.375. The number of likely N-dealkylation sites (tertiary alicyclic amines) is 1. The van der Waals surface area contributed by atoms with Crippen LogP contribution in [0.25, 0.3) is 0 Å². The van der Waals surface area contributed by atoms with Gasteiger partial charge >= 0.3 is 12.0 Å². The van der Waals surface area contributed by atoms with Crippen LogP contribution in [-0.4, -0.2) is 68.4 Å². The highest BCUT2D eigenvalue weighted by Crippen LogP contribution is 2.43. The van der Waals surface area contributed by atoms with Crippen molar-refractivity contribution in [3.8, 4) is 5.75 Å². The average molecular weight is 479 g/mol. The monoisotopic (exact) mass is 479 g/mol. The molecule has 0 aromatic heterocycles. The van der Waals surface area contributed by atoms with Gasteiger partial charge in [0, 0.05) is 24.2 Å². The molecule has 0 bridgehead atoms. The van der Waals surface area contributed by atoms with Gasteiger partial charge in [-0.25, -0.2) is 13.6 Å². The Hall–Kier alpha value is -2.83. The minimum Gasteiger partial charge on any atom is -0.434 e. The molecule has 9 nitrogen and oxygen atoms in total. The van der Waals surface area contributed by atoms with Crippen LogP contribution < -0.4 is 10.1 Å². The van der Waals surface area contributed by atoms with Crippen LogP contribution in [0.15, 0.2) is 36.4 Å². The molecule has 0 unspecified atom stereocenters. The maximum Gasteiger partial charge on any atom is 0.384 e. The molecule has 11 heteroatoms. The second kappa shape index (κ2) is 9.08. The van der Waals surface area contributed by atoms with Crippen LogP contribution in [0.4, 0.5) is 13.6 Å². The molecule has 184 valence electrons. The zero-order valence-electron chi connectivity index (χ0n) is 18.5. The van der Waals surface area contributed by atoms with E-state index in [0.717, 1.165) is 25.2 Å². The summed E-state index contributed by atoms with van der Waals surface area (Å²) in [5.74, 6) is -7.81. The normalized spacial score (nSPS) is 19.4. The van der Waals surface area contributed by atoms with Gasteiger partial charge in [0.05, 0.1) is 12.1 Å². The first-order valence-corrected chi connectivity index (χ1v) is 10.9. The number of nitrogens with zero attached hydrogens (tertiary/aromatic N) is 2. The Morgan fingerprint density at radius 2 is 1.85 bits per heavy atom. The number of nitrogens with one attached hydrogen (secondary N) is 1. The Bertz CT molecular complexity index is 1070. The van der Waals surface area contributed by atoms with Gasteiger partial charge in [0.25, 0.3) is 5.79 Å². The molecule has 34 heavy (non-hydrogen) atoms. The number of hydrogen-bond donors (Lipinski definition) is 5. The van der Waals surface area contributed by atoms with E-state index < -0.39 is 29.4 Å². The summed E-state index contributed by atoms with van der Waals surface area (Å²) in [6, 6.07) is 6.76. The summed E-state index contributed by atoms with van der Waals surface area (Å²) in [6.07, 6.45) is 1.38. The van der Waals surface area contributed by atoms with Crippen molar-refractivity contribution in [3.63, 3.8) is 0 Å². The third-order valence-electron chi connectivity index (χ3n) is 6.32. The van der Waals surface area contributed by atoms with Gasteiger partial charge in [-0.1, -0.05) is 12.1 Å². The van der Waals surface area contributed by atoms with Gasteiger partial charge in [-0.2, -0.15) is 0 Å². The molecule has 2 aliphatic rings. The number of amides is 2. The summed E-state index contributed by atoms with van der Waals surface area (Å²) in [5, 5.41) is 42.1. The lowest BCUT2D eigenvalue weighted by Gasteiger charge is -2.37. The van der Waals surface area contributed by atoms with Crippen molar-refractivity contribution in [3.05, 3.63) is 64.7 Å². The van der Waals surface area contributed by atoms with E-state index >= 15 is 0 Å².